The third-order valence-corrected chi connectivity index (χ3v) is 5.19. The van der Waals surface area contributed by atoms with Gasteiger partial charge in [0, 0.05) is 18.2 Å². The first-order valence-corrected chi connectivity index (χ1v) is 10.0. The van der Waals surface area contributed by atoms with Crippen LogP contribution in [0.25, 0.3) is 16.9 Å². The van der Waals surface area contributed by atoms with Crippen molar-refractivity contribution < 1.29 is 13.9 Å². The normalized spacial score (nSPS) is 11.3. The minimum absolute atomic E-state index is 0.0263. The van der Waals surface area contributed by atoms with Gasteiger partial charge in [-0.25, -0.2) is 14.4 Å². The van der Waals surface area contributed by atoms with Crippen LogP contribution in [0, 0.1) is 12.7 Å². The van der Waals surface area contributed by atoms with Crippen molar-refractivity contribution in [3.8, 4) is 17.1 Å². The molecule has 1 N–H and O–H groups in total. The van der Waals surface area contributed by atoms with E-state index < -0.39 is 0 Å². The quantitative estimate of drug-likeness (QED) is 0.423. The molecule has 0 spiro atoms. The smallest absolute Gasteiger partial charge is 0.219 e. The zero-order valence-electron chi connectivity index (χ0n) is 16.9. The van der Waals surface area contributed by atoms with E-state index in [0.717, 1.165) is 17.1 Å². The standard InChI is InChI=1S/C25H20FN3O2/c1-16-10-11-20(31-16)14-22-25(30)29-15-23(18-8-5-9-19(26)13-18)27-21(24(29)28-22)12-17-6-3-2-4-7-17/h2-11,13,15,30H,12,14H2,1H3. The van der Waals surface area contributed by atoms with E-state index in [-0.39, 0.29) is 11.7 Å². The van der Waals surface area contributed by atoms with Crippen molar-refractivity contribution in [3.63, 3.8) is 0 Å². The van der Waals surface area contributed by atoms with Crippen LogP contribution < -0.4 is 0 Å². The molecule has 3 aromatic heterocycles. The van der Waals surface area contributed by atoms with Crippen molar-refractivity contribution in [1.29, 1.82) is 0 Å². The first-order valence-electron chi connectivity index (χ1n) is 10.0. The summed E-state index contributed by atoms with van der Waals surface area (Å²) in [6.07, 6.45) is 2.59. The third-order valence-electron chi connectivity index (χ3n) is 5.19. The first kappa shape index (κ1) is 19.1. The molecule has 5 rings (SSSR count). The molecule has 0 radical (unpaired) electrons. The summed E-state index contributed by atoms with van der Waals surface area (Å²) in [6, 6.07) is 20.0. The number of nitrogens with zero attached hydrogens (tertiary/aromatic N) is 3. The Morgan fingerprint density at radius 2 is 1.77 bits per heavy atom. The van der Waals surface area contributed by atoms with E-state index in [0.29, 0.717) is 41.1 Å². The lowest BCUT2D eigenvalue weighted by molar-refractivity contribution is 0.436. The summed E-state index contributed by atoms with van der Waals surface area (Å²) in [5.41, 5.74) is 4.03. The number of hydrogen-bond acceptors (Lipinski definition) is 4. The Morgan fingerprint density at radius 1 is 0.935 bits per heavy atom. The lowest BCUT2D eigenvalue weighted by atomic mass is 10.1. The highest BCUT2D eigenvalue weighted by Crippen LogP contribution is 2.28. The molecule has 5 nitrogen and oxygen atoms in total. The fourth-order valence-corrected chi connectivity index (χ4v) is 3.70. The molecule has 154 valence electrons. The monoisotopic (exact) mass is 413 g/mol. The van der Waals surface area contributed by atoms with Gasteiger partial charge in [0.2, 0.25) is 5.88 Å². The summed E-state index contributed by atoms with van der Waals surface area (Å²) in [6.45, 7) is 1.88. The fourth-order valence-electron chi connectivity index (χ4n) is 3.70. The molecule has 0 aliphatic heterocycles. The van der Waals surface area contributed by atoms with Crippen LogP contribution in [0.3, 0.4) is 0 Å². The second-order valence-electron chi connectivity index (χ2n) is 7.51. The molecular weight excluding hydrogens is 393 g/mol. The van der Waals surface area contributed by atoms with Crippen LogP contribution in [0.1, 0.15) is 28.5 Å². The Labute approximate surface area is 178 Å². The molecule has 5 aromatic rings. The highest BCUT2D eigenvalue weighted by Gasteiger charge is 2.19. The van der Waals surface area contributed by atoms with Crippen LogP contribution >= 0.6 is 0 Å². The molecule has 0 amide bonds. The maximum atomic E-state index is 13.8. The largest absolute Gasteiger partial charge is 0.493 e. The van der Waals surface area contributed by atoms with Gasteiger partial charge < -0.3 is 9.52 Å². The van der Waals surface area contributed by atoms with Gasteiger partial charge in [-0.3, -0.25) is 4.40 Å². The average molecular weight is 413 g/mol. The number of furan rings is 1. The van der Waals surface area contributed by atoms with Crippen molar-refractivity contribution in [2.24, 2.45) is 0 Å². The Morgan fingerprint density at radius 3 is 2.52 bits per heavy atom. The number of halogens is 1. The van der Waals surface area contributed by atoms with E-state index in [1.54, 1.807) is 22.7 Å². The zero-order chi connectivity index (χ0) is 21.4. The summed E-state index contributed by atoms with van der Waals surface area (Å²) in [4.78, 5) is 9.47. The lowest BCUT2D eigenvalue weighted by Crippen LogP contribution is -2.01. The van der Waals surface area contributed by atoms with Crippen LogP contribution in [-0.2, 0) is 12.8 Å². The highest BCUT2D eigenvalue weighted by molar-refractivity contribution is 5.63. The number of hydrogen-bond donors (Lipinski definition) is 1. The van der Waals surface area contributed by atoms with Crippen LogP contribution in [0.4, 0.5) is 4.39 Å². The minimum Gasteiger partial charge on any atom is -0.493 e. The lowest BCUT2D eigenvalue weighted by Gasteiger charge is -2.08. The molecule has 0 bridgehead atoms. The minimum atomic E-state index is -0.340. The van der Waals surface area contributed by atoms with Crippen LogP contribution in [-0.4, -0.2) is 19.5 Å². The molecular formula is C25H20FN3O2. The SMILES string of the molecule is Cc1ccc(Cc2nc3c(Cc4ccccc4)nc(-c4cccc(F)c4)cn3c2O)o1. The number of benzene rings is 2. The van der Waals surface area contributed by atoms with Gasteiger partial charge >= 0.3 is 0 Å². The van der Waals surface area contributed by atoms with E-state index in [1.807, 2.05) is 49.4 Å². The van der Waals surface area contributed by atoms with E-state index in [9.17, 15) is 9.50 Å². The summed E-state index contributed by atoms with van der Waals surface area (Å²) in [7, 11) is 0. The Hall–Kier alpha value is -3.93. The van der Waals surface area contributed by atoms with Crippen LogP contribution in [0.5, 0.6) is 5.88 Å². The topological polar surface area (TPSA) is 63.6 Å². The van der Waals surface area contributed by atoms with Gasteiger partial charge in [-0.2, -0.15) is 0 Å². The van der Waals surface area contributed by atoms with Gasteiger partial charge in [0.1, 0.15) is 23.0 Å². The molecule has 0 unspecified atom stereocenters. The van der Waals surface area contributed by atoms with Crippen molar-refractivity contribution in [3.05, 3.63) is 107 Å². The molecule has 0 atom stereocenters. The van der Waals surface area contributed by atoms with E-state index in [4.69, 9.17) is 9.40 Å². The van der Waals surface area contributed by atoms with Crippen molar-refractivity contribution >= 4 is 5.65 Å². The average Bonchev–Trinajstić information content (AvgIpc) is 3.32. The second-order valence-corrected chi connectivity index (χ2v) is 7.51. The Bertz CT molecular complexity index is 1370. The molecule has 2 aromatic carbocycles. The summed E-state index contributed by atoms with van der Waals surface area (Å²) >= 11 is 0. The molecule has 0 saturated heterocycles. The van der Waals surface area contributed by atoms with Crippen LogP contribution in [0.15, 0.2) is 77.3 Å². The molecule has 0 fully saturated rings. The molecule has 6 heteroatoms. The Balaban J connectivity index is 1.66. The van der Waals surface area contributed by atoms with Gasteiger partial charge in [0.25, 0.3) is 0 Å². The summed E-state index contributed by atoms with van der Waals surface area (Å²) in [5.74, 6) is 1.21. The molecule has 0 aliphatic carbocycles. The second kappa shape index (κ2) is 7.72. The van der Waals surface area contributed by atoms with Crippen molar-refractivity contribution in [1.82, 2.24) is 14.4 Å². The van der Waals surface area contributed by atoms with E-state index in [2.05, 4.69) is 4.98 Å². The number of aromatic hydroxyl groups is 1. The number of rotatable bonds is 5. The molecule has 31 heavy (non-hydrogen) atoms. The van der Waals surface area contributed by atoms with Gasteiger partial charge in [-0.05, 0) is 36.8 Å². The third kappa shape index (κ3) is 3.80. The van der Waals surface area contributed by atoms with Crippen molar-refractivity contribution in [2.45, 2.75) is 19.8 Å². The van der Waals surface area contributed by atoms with Gasteiger partial charge in [-0.1, -0.05) is 42.5 Å². The maximum absolute atomic E-state index is 13.8. The number of aryl methyl sites for hydroxylation is 1. The fraction of sp³-hybridized carbons (Fsp3) is 0.120. The Kier molecular flexibility index (Phi) is 4.75. The highest BCUT2D eigenvalue weighted by atomic mass is 19.1. The van der Waals surface area contributed by atoms with Crippen molar-refractivity contribution in [2.75, 3.05) is 0 Å². The summed E-state index contributed by atoms with van der Waals surface area (Å²) < 4.78 is 21.1. The predicted octanol–water partition coefficient (Wildman–Crippen LogP) is 5.32. The molecule has 3 heterocycles. The first-order chi connectivity index (χ1) is 15.1. The maximum Gasteiger partial charge on any atom is 0.219 e. The zero-order valence-corrected chi connectivity index (χ0v) is 16.9. The number of fused-ring (bicyclic) bond motifs is 1. The number of imidazole rings is 1. The number of aromatic nitrogens is 3. The van der Waals surface area contributed by atoms with E-state index >= 15 is 0 Å². The van der Waals surface area contributed by atoms with Gasteiger partial charge in [0.05, 0.1) is 17.8 Å². The van der Waals surface area contributed by atoms with E-state index in [1.165, 1.54) is 12.1 Å². The molecule has 0 saturated carbocycles. The van der Waals surface area contributed by atoms with Gasteiger partial charge in [0.15, 0.2) is 5.65 Å². The van der Waals surface area contributed by atoms with Crippen LogP contribution in [0.2, 0.25) is 0 Å². The van der Waals surface area contributed by atoms with Gasteiger partial charge in [-0.15, -0.1) is 0 Å². The predicted molar refractivity (Wildman–Crippen MR) is 116 cm³/mol. The summed E-state index contributed by atoms with van der Waals surface area (Å²) in [5, 5.41) is 10.9. The molecule has 0 aliphatic rings.